The summed E-state index contributed by atoms with van der Waals surface area (Å²) in [6, 6.07) is 7.04. The van der Waals surface area contributed by atoms with Crippen LogP contribution in [0.1, 0.15) is 70.6 Å². The fourth-order valence-electron chi connectivity index (χ4n) is 8.41. The Morgan fingerprint density at radius 3 is 2.44 bits per heavy atom. The van der Waals surface area contributed by atoms with Gasteiger partial charge in [-0.1, -0.05) is 18.2 Å². The molecule has 3 N–H and O–H groups in total. The van der Waals surface area contributed by atoms with Crippen LogP contribution in [0, 0.1) is 26.7 Å². The molecule has 4 fully saturated rings. The zero-order valence-corrected chi connectivity index (χ0v) is 26.1. The number of nitrogens with zero attached hydrogens (tertiary/aromatic N) is 1. The average molecular weight is 677 g/mol. The molecule has 41 heavy (non-hydrogen) atoms. The molecule has 7 nitrogen and oxygen atoms in total. The normalized spacial score (nSPS) is 31.8. The predicted octanol–water partition coefficient (Wildman–Crippen LogP) is 5.00. The molecule has 1 aromatic rings. The van der Waals surface area contributed by atoms with E-state index < -0.39 is 18.2 Å². The number of aliphatic hydroxyl groups is 2. The molecular formula is C33H45IN2O5. The number of halogens is 1. The first kappa shape index (κ1) is 30.5. The van der Waals surface area contributed by atoms with Gasteiger partial charge in [-0.3, -0.25) is 9.59 Å². The third-order valence-corrected chi connectivity index (χ3v) is 10.6. The third kappa shape index (κ3) is 7.19. The van der Waals surface area contributed by atoms with E-state index in [2.05, 4.69) is 34.5 Å². The number of hydrogen-bond donors (Lipinski definition) is 3. The molecule has 0 aromatic heterocycles. The minimum absolute atomic E-state index is 0.0546. The largest absolute Gasteiger partial charge is 0.482 e. The molecule has 0 radical (unpaired) electrons. The lowest BCUT2D eigenvalue weighted by atomic mass is 9.49. The van der Waals surface area contributed by atoms with Gasteiger partial charge in [-0.25, -0.2) is 0 Å². The second-order valence-electron chi connectivity index (χ2n) is 12.9. The second-order valence-corrected chi connectivity index (χ2v) is 14.1. The zero-order chi connectivity index (χ0) is 29.0. The number of benzene rings is 1. The lowest BCUT2D eigenvalue weighted by Crippen LogP contribution is -2.59. The van der Waals surface area contributed by atoms with Crippen LogP contribution in [-0.4, -0.2) is 64.9 Å². The summed E-state index contributed by atoms with van der Waals surface area (Å²) in [5.74, 6) is 2.64. The molecule has 5 aliphatic rings. The Morgan fingerprint density at radius 2 is 1.80 bits per heavy atom. The number of hydrogen-bond acceptors (Lipinski definition) is 5. The van der Waals surface area contributed by atoms with Crippen LogP contribution in [0.4, 0.5) is 0 Å². The van der Waals surface area contributed by atoms with E-state index in [-0.39, 0.29) is 36.8 Å². The van der Waals surface area contributed by atoms with Crippen molar-refractivity contribution in [3.63, 3.8) is 0 Å². The predicted molar refractivity (Wildman–Crippen MR) is 167 cm³/mol. The SMILES string of the molecule is C=CCCCCC(=O)N(CC12CC3CC(CC(C3)C1)C2)C1CC(C(=O)NCCO)=CC(Oc2ccccc2I)C1O. The van der Waals surface area contributed by atoms with Crippen molar-refractivity contribution >= 4 is 34.4 Å². The molecule has 6 rings (SSSR count). The maximum atomic E-state index is 14.0. The molecule has 5 aliphatic carbocycles. The summed E-state index contributed by atoms with van der Waals surface area (Å²) in [5, 5.41) is 23.9. The molecule has 0 saturated heterocycles. The van der Waals surface area contributed by atoms with Crippen LogP contribution in [0.3, 0.4) is 0 Å². The second kappa shape index (κ2) is 13.6. The van der Waals surface area contributed by atoms with E-state index in [0.717, 1.165) is 59.8 Å². The molecule has 3 atom stereocenters. The zero-order valence-electron chi connectivity index (χ0n) is 24.0. The highest BCUT2D eigenvalue weighted by atomic mass is 127. The highest BCUT2D eigenvalue weighted by Crippen LogP contribution is 2.60. The van der Waals surface area contributed by atoms with Gasteiger partial charge in [-0.05, 0) is 122 Å². The van der Waals surface area contributed by atoms with Gasteiger partial charge in [0.05, 0.1) is 16.2 Å². The first-order valence-corrected chi connectivity index (χ1v) is 16.5. The van der Waals surface area contributed by atoms with E-state index in [1.54, 1.807) is 6.08 Å². The number of carbonyl (C=O) groups is 2. The molecule has 224 valence electrons. The fourth-order valence-corrected chi connectivity index (χ4v) is 8.92. The van der Waals surface area contributed by atoms with E-state index in [4.69, 9.17) is 4.74 Å². The lowest BCUT2D eigenvalue weighted by Gasteiger charge is -2.58. The number of allylic oxidation sites excluding steroid dienone is 1. The van der Waals surface area contributed by atoms with Crippen molar-refractivity contribution in [3.05, 3.63) is 52.1 Å². The third-order valence-electron chi connectivity index (χ3n) is 9.75. The molecule has 4 saturated carbocycles. The van der Waals surface area contributed by atoms with E-state index >= 15 is 0 Å². The molecular weight excluding hydrogens is 631 g/mol. The summed E-state index contributed by atoms with van der Waals surface area (Å²) in [6.45, 7) is 4.43. The molecule has 8 heteroatoms. The molecule has 2 amide bonds. The minimum Gasteiger partial charge on any atom is -0.482 e. The first-order valence-electron chi connectivity index (χ1n) is 15.4. The number of nitrogens with one attached hydrogen (secondary N) is 1. The van der Waals surface area contributed by atoms with Crippen LogP contribution in [0.5, 0.6) is 5.75 Å². The van der Waals surface area contributed by atoms with Crippen molar-refractivity contribution in [2.45, 2.75) is 88.9 Å². The van der Waals surface area contributed by atoms with Crippen LogP contribution in [0.15, 0.2) is 48.6 Å². The Labute approximate surface area is 257 Å². The van der Waals surface area contributed by atoms with Gasteiger partial charge in [0.1, 0.15) is 18.0 Å². The first-order chi connectivity index (χ1) is 19.8. The van der Waals surface area contributed by atoms with E-state index in [0.29, 0.717) is 24.3 Å². The number of rotatable bonds is 13. The minimum atomic E-state index is -0.980. The summed E-state index contributed by atoms with van der Waals surface area (Å²) in [7, 11) is 0. The Morgan fingerprint density at radius 1 is 1.12 bits per heavy atom. The van der Waals surface area contributed by atoms with Crippen molar-refractivity contribution in [2.24, 2.45) is 23.2 Å². The van der Waals surface area contributed by atoms with Crippen molar-refractivity contribution in [1.82, 2.24) is 10.2 Å². The maximum Gasteiger partial charge on any atom is 0.247 e. The molecule has 4 bridgehead atoms. The molecule has 0 heterocycles. The van der Waals surface area contributed by atoms with Crippen LogP contribution >= 0.6 is 22.6 Å². The van der Waals surface area contributed by atoms with Crippen LogP contribution in [0.25, 0.3) is 0 Å². The molecule has 3 unspecified atom stereocenters. The van der Waals surface area contributed by atoms with Gasteiger partial charge in [0, 0.05) is 31.5 Å². The summed E-state index contributed by atoms with van der Waals surface area (Å²) >= 11 is 2.20. The van der Waals surface area contributed by atoms with E-state index in [9.17, 15) is 19.8 Å². The number of carbonyl (C=O) groups excluding carboxylic acids is 2. The standard InChI is InChI=1S/C33H45IN2O5/c1-2-3-4-5-10-30(38)36(21-33-18-22-13-23(19-33)15-24(14-22)20-33)27-16-25(32(40)35-11-12-37)17-29(31(27)39)41-28-9-7-6-8-26(28)34/h2,6-9,17,22-24,27,29,31,37,39H,1,3-5,10-16,18-21H2,(H,35,40). The molecule has 0 spiro atoms. The van der Waals surface area contributed by atoms with Crippen molar-refractivity contribution in [2.75, 3.05) is 19.7 Å². The topological polar surface area (TPSA) is 99.1 Å². The summed E-state index contributed by atoms with van der Waals surface area (Å²) in [6.07, 6.45) is 12.5. The number of para-hydroxylation sites is 1. The maximum absolute atomic E-state index is 14.0. The van der Waals surface area contributed by atoms with Crippen LogP contribution in [0.2, 0.25) is 0 Å². The van der Waals surface area contributed by atoms with Gasteiger partial charge in [0.2, 0.25) is 11.8 Å². The summed E-state index contributed by atoms with van der Waals surface area (Å²) in [5.41, 5.74) is 0.580. The Hall–Kier alpha value is -1.91. The van der Waals surface area contributed by atoms with Gasteiger partial charge < -0.3 is 25.2 Å². The van der Waals surface area contributed by atoms with Gasteiger partial charge >= 0.3 is 0 Å². The highest BCUT2D eigenvalue weighted by molar-refractivity contribution is 14.1. The number of ether oxygens (including phenoxy) is 1. The number of amides is 2. The fraction of sp³-hybridized carbons (Fsp3) is 0.636. The van der Waals surface area contributed by atoms with Crippen LogP contribution < -0.4 is 10.1 Å². The van der Waals surface area contributed by atoms with Gasteiger partial charge in [0.15, 0.2) is 0 Å². The summed E-state index contributed by atoms with van der Waals surface area (Å²) in [4.78, 5) is 29.2. The van der Waals surface area contributed by atoms with Gasteiger partial charge in [0.25, 0.3) is 0 Å². The van der Waals surface area contributed by atoms with Crippen molar-refractivity contribution < 1.29 is 24.5 Å². The number of unbranched alkanes of at least 4 members (excludes halogenated alkanes) is 2. The van der Waals surface area contributed by atoms with Crippen molar-refractivity contribution in [3.8, 4) is 5.75 Å². The van der Waals surface area contributed by atoms with E-state index in [1.165, 1.54) is 19.3 Å². The van der Waals surface area contributed by atoms with E-state index in [1.807, 2.05) is 35.2 Å². The van der Waals surface area contributed by atoms with Gasteiger partial charge in [-0.15, -0.1) is 6.58 Å². The van der Waals surface area contributed by atoms with Crippen LogP contribution in [-0.2, 0) is 9.59 Å². The monoisotopic (exact) mass is 676 g/mol. The lowest BCUT2D eigenvalue weighted by molar-refractivity contribution is -0.147. The number of aliphatic hydroxyl groups excluding tert-OH is 2. The van der Waals surface area contributed by atoms with Gasteiger partial charge in [-0.2, -0.15) is 0 Å². The highest BCUT2D eigenvalue weighted by Gasteiger charge is 2.53. The van der Waals surface area contributed by atoms with Crippen molar-refractivity contribution in [1.29, 1.82) is 0 Å². The summed E-state index contributed by atoms with van der Waals surface area (Å²) < 4.78 is 7.24. The smallest absolute Gasteiger partial charge is 0.247 e. The Balaban J connectivity index is 1.44. The molecule has 1 aromatic carbocycles. The Kier molecular flexibility index (Phi) is 10.1. The average Bonchev–Trinajstić information content (AvgIpc) is 2.94. The quantitative estimate of drug-likeness (QED) is 0.155. The molecule has 0 aliphatic heterocycles. The Bertz CT molecular complexity index is 1100.